The van der Waals surface area contributed by atoms with Gasteiger partial charge in [-0.05, 0) is 36.4 Å². The molecule has 6 nitrogen and oxygen atoms in total. The van der Waals surface area contributed by atoms with Crippen LogP contribution in [-0.4, -0.2) is 25.3 Å². The third-order valence-corrected chi connectivity index (χ3v) is 1.99. The average molecular weight is 188 g/mol. The molecular formula is C8H8N6. The van der Waals surface area contributed by atoms with Crippen molar-refractivity contribution in [2.24, 2.45) is 0 Å². The Morgan fingerprint density at radius 2 is 2.21 bits per heavy atom. The Morgan fingerprint density at radius 3 is 2.93 bits per heavy atom. The minimum Gasteiger partial charge on any atom is -0.197 e. The number of aromatic nitrogens is 5. The minimum atomic E-state index is -0.625. The van der Waals surface area contributed by atoms with E-state index < -0.39 is 5.41 Å². The number of fused-ring (bicyclic) bond motifs is 1. The molecule has 0 aliphatic rings. The van der Waals surface area contributed by atoms with Crippen LogP contribution in [0.2, 0.25) is 0 Å². The Morgan fingerprint density at radius 1 is 1.43 bits per heavy atom. The lowest BCUT2D eigenvalue weighted by molar-refractivity contribution is 0.611. The van der Waals surface area contributed by atoms with Crippen LogP contribution < -0.4 is 0 Å². The zero-order valence-corrected chi connectivity index (χ0v) is 7.84. The zero-order chi connectivity index (χ0) is 10.2. The van der Waals surface area contributed by atoms with Gasteiger partial charge in [0, 0.05) is 0 Å². The van der Waals surface area contributed by atoms with Crippen molar-refractivity contribution < 1.29 is 0 Å². The lowest BCUT2D eigenvalue weighted by Gasteiger charge is -2.12. The third kappa shape index (κ3) is 1.19. The lowest BCUT2D eigenvalue weighted by atomic mass is 9.91. The summed E-state index contributed by atoms with van der Waals surface area (Å²) in [6.45, 7) is 3.59. The van der Waals surface area contributed by atoms with Gasteiger partial charge in [-0.3, -0.25) is 0 Å². The highest BCUT2D eigenvalue weighted by atomic mass is 15.6. The quantitative estimate of drug-likeness (QED) is 0.643. The molecule has 0 spiro atoms. The molecule has 0 fully saturated rings. The van der Waals surface area contributed by atoms with Crippen molar-refractivity contribution in [1.82, 2.24) is 25.3 Å². The van der Waals surface area contributed by atoms with Crippen LogP contribution in [0.5, 0.6) is 0 Å². The molecule has 0 amide bonds. The highest BCUT2D eigenvalue weighted by Gasteiger charge is 2.22. The minimum absolute atomic E-state index is 0.572. The fourth-order valence-corrected chi connectivity index (χ4v) is 1.04. The molecular weight excluding hydrogens is 180 g/mol. The lowest BCUT2D eigenvalue weighted by Crippen LogP contribution is -2.17. The molecule has 0 atom stereocenters. The molecule has 14 heavy (non-hydrogen) atoms. The van der Waals surface area contributed by atoms with Gasteiger partial charge in [-0.1, -0.05) is 0 Å². The first kappa shape index (κ1) is 8.56. The van der Waals surface area contributed by atoms with Gasteiger partial charge in [0.15, 0.2) is 5.65 Å². The van der Waals surface area contributed by atoms with Crippen molar-refractivity contribution in [3.8, 4) is 6.07 Å². The first-order valence-corrected chi connectivity index (χ1v) is 4.11. The summed E-state index contributed by atoms with van der Waals surface area (Å²) in [6, 6.07) is 5.67. The first-order chi connectivity index (χ1) is 6.63. The summed E-state index contributed by atoms with van der Waals surface area (Å²) in [6.07, 6.45) is 0. The van der Waals surface area contributed by atoms with E-state index >= 15 is 0 Å². The molecule has 0 bridgehead atoms. The van der Waals surface area contributed by atoms with Crippen LogP contribution in [0.15, 0.2) is 12.1 Å². The predicted octanol–water partition coefficient (Wildman–Crippen LogP) is 0.320. The zero-order valence-electron chi connectivity index (χ0n) is 7.84. The van der Waals surface area contributed by atoms with Crippen molar-refractivity contribution in [2.45, 2.75) is 19.3 Å². The predicted molar refractivity (Wildman–Crippen MR) is 47.2 cm³/mol. The molecule has 6 heteroatoms. The highest BCUT2D eigenvalue weighted by Crippen LogP contribution is 2.19. The molecule has 2 aromatic heterocycles. The van der Waals surface area contributed by atoms with Gasteiger partial charge in [0.05, 0.1) is 17.2 Å². The maximum absolute atomic E-state index is 8.92. The van der Waals surface area contributed by atoms with Crippen LogP contribution in [0.25, 0.3) is 5.65 Å². The Bertz CT molecular complexity index is 506. The SMILES string of the molecule is CC(C)(C#N)c1ccc2nnnn2n1. The molecule has 0 aliphatic heterocycles. The summed E-state index contributed by atoms with van der Waals surface area (Å²) in [7, 11) is 0. The van der Waals surface area contributed by atoms with E-state index in [4.69, 9.17) is 5.26 Å². The first-order valence-electron chi connectivity index (χ1n) is 4.11. The van der Waals surface area contributed by atoms with E-state index in [1.807, 2.05) is 0 Å². The maximum Gasteiger partial charge on any atom is 0.199 e. The van der Waals surface area contributed by atoms with E-state index in [0.29, 0.717) is 11.3 Å². The van der Waals surface area contributed by atoms with Crippen LogP contribution in [0.1, 0.15) is 19.5 Å². The number of hydrogen-bond donors (Lipinski definition) is 0. The Kier molecular flexibility index (Phi) is 1.67. The standard InChI is InChI=1S/C8H8N6/c1-8(2,5-9)6-3-4-7-10-12-13-14(7)11-6/h3-4H,1-2H3. The third-order valence-electron chi connectivity index (χ3n) is 1.99. The Balaban J connectivity index is 2.61. The van der Waals surface area contributed by atoms with Gasteiger partial charge < -0.3 is 0 Å². The number of nitriles is 1. The van der Waals surface area contributed by atoms with E-state index in [1.54, 1.807) is 26.0 Å². The van der Waals surface area contributed by atoms with Gasteiger partial charge in [0.25, 0.3) is 0 Å². The summed E-state index contributed by atoms with van der Waals surface area (Å²) in [4.78, 5) is 0. The van der Waals surface area contributed by atoms with Gasteiger partial charge in [-0.15, -0.1) is 9.73 Å². The highest BCUT2D eigenvalue weighted by molar-refractivity contribution is 5.35. The van der Waals surface area contributed by atoms with Crippen LogP contribution in [-0.2, 0) is 5.41 Å². The molecule has 0 saturated heterocycles. The number of tetrazole rings is 1. The summed E-state index contributed by atoms with van der Waals surface area (Å²) in [5.74, 6) is 0. The van der Waals surface area contributed by atoms with Crippen molar-refractivity contribution in [1.29, 1.82) is 5.26 Å². The Labute approximate surface area is 80.2 Å². The van der Waals surface area contributed by atoms with E-state index in [0.717, 1.165) is 0 Å². The second kappa shape index (κ2) is 2.73. The summed E-state index contributed by atoms with van der Waals surface area (Å²) >= 11 is 0. The van der Waals surface area contributed by atoms with E-state index in [9.17, 15) is 0 Å². The molecule has 0 N–H and O–H groups in total. The molecule has 2 rings (SSSR count). The normalized spacial score (nSPS) is 11.5. The number of nitrogens with zero attached hydrogens (tertiary/aromatic N) is 6. The molecule has 2 aromatic rings. The van der Waals surface area contributed by atoms with E-state index in [2.05, 4.69) is 26.7 Å². The molecule has 2 heterocycles. The van der Waals surface area contributed by atoms with Crippen LogP contribution in [0, 0.1) is 11.3 Å². The van der Waals surface area contributed by atoms with E-state index in [-0.39, 0.29) is 0 Å². The molecule has 0 radical (unpaired) electrons. The monoisotopic (exact) mass is 188 g/mol. The van der Waals surface area contributed by atoms with Gasteiger partial charge in [0.2, 0.25) is 0 Å². The Hall–Kier alpha value is -2.03. The summed E-state index contributed by atoms with van der Waals surface area (Å²) in [5.41, 5.74) is 0.599. The van der Waals surface area contributed by atoms with Gasteiger partial charge in [0.1, 0.15) is 0 Å². The van der Waals surface area contributed by atoms with Gasteiger partial charge >= 0.3 is 0 Å². The summed E-state index contributed by atoms with van der Waals surface area (Å²) in [5, 5.41) is 23.9. The van der Waals surface area contributed by atoms with Crippen molar-refractivity contribution in [3.05, 3.63) is 17.8 Å². The number of hydrogen-bond acceptors (Lipinski definition) is 5. The second-order valence-corrected chi connectivity index (χ2v) is 3.48. The van der Waals surface area contributed by atoms with Crippen LogP contribution >= 0.6 is 0 Å². The molecule has 0 saturated carbocycles. The molecule has 0 aliphatic carbocycles. The average Bonchev–Trinajstić information content (AvgIpc) is 2.64. The van der Waals surface area contributed by atoms with Gasteiger partial charge in [-0.25, -0.2) is 0 Å². The molecule has 70 valence electrons. The summed E-state index contributed by atoms with van der Waals surface area (Å²) < 4.78 is 1.31. The van der Waals surface area contributed by atoms with E-state index in [1.165, 1.54) is 4.63 Å². The van der Waals surface area contributed by atoms with Crippen LogP contribution in [0.3, 0.4) is 0 Å². The molecule has 0 aromatic carbocycles. The largest absolute Gasteiger partial charge is 0.199 e. The second-order valence-electron chi connectivity index (χ2n) is 3.48. The molecule has 0 unspecified atom stereocenters. The van der Waals surface area contributed by atoms with Crippen LogP contribution in [0.4, 0.5) is 0 Å². The van der Waals surface area contributed by atoms with Gasteiger partial charge in [-0.2, -0.15) is 10.4 Å². The fraction of sp³-hybridized carbons (Fsp3) is 0.375. The fourth-order valence-electron chi connectivity index (χ4n) is 1.04. The number of rotatable bonds is 1. The smallest absolute Gasteiger partial charge is 0.197 e. The van der Waals surface area contributed by atoms with Crippen molar-refractivity contribution in [2.75, 3.05) is 0 Å². The van der Waals surface area contributed by atoms with Crippen molar-refractivity contribution >= 4 is 5.65 Å². The maximum atomic E-state index is 8.92. The topological polar surface area (TPSA) is 79.8 Å². The van der Waals surface area contributed by atoms with Crippen molar-refractivity contribution in [3.63, 3.8) is 0 Å².